The number of aliphatic carboxylic acids is 1. The van der Waals surface area contributed by atoms with Crippen LogP contribution in [-0.4, -0.2) is 47.5 Å². The molecule has 25 heavy (non-hydrogen) atoms. The second-order valence-corrected chi connectivity index (χ2v) is 6.36. The van der Waals surface area contributed by atoms with Crippen LogP contribution >= 0.6 is 0 Å². The van der Waals surface area contributed by atoms with E-state index in [1.807, 2.05) is 12.1 Å². The second kappa shape index (κ2) is 7.30. The summed E-state index contributed by atoms with van der Waals surface area (Å²) in [5.41, 5.74) is 1.90. The third-order valence-corrected chi connectivity index (χ3v) is 4.44. The number of hydrogen-bond donors (Lipinski definition) is 4. The molecule has 1 aromatic rings. The predicted octanol–water partition coefficient (Wildman–Crippen LogP) is 2.57. The highest BCUT2D eigenvalue weighted by molar-refractivity contribution is 5.88. The Morgan fingerprint density at radius 1 is 1.16 bits per heavy atom. The normalized spacial score (nSPS) is 24.8. The first-order chi connectivity index (χ1) is 11.6. The predicted molar refractivity (Wildman–Crippen MR) is 83.7 cm³/mol. The minimum atomic E-state index is -5.08. The van der Waals surface area contributed by atoms with Gasteiger partial charge in [0.25, 0.3) is 0 Å². The first kappa shape index (κ1) is 19.0. The zero-order chi connectivity index (χ0) is 18.7. The minimum Gasteiger partial charge on any atom is -0.478 e. The molecular formula is C16H19F3N2O4. The van der Waals surface area contributed by atoms with Gasteiger partial charge in [-0.2, -0.15) is 13.2 Å². The molecule has 3 rings (SSSR count). The molecule has 4 N–H and O–H groups in total. The van der Waals surface area contributed by atoms with Crippen LogP contribution in [0.1, 0.15) is 29.6 Å². The van der Waals surface area contributed by atoms with Crippen LogP contribution in [0, 0.1) is 5.41 Å². The Labute approximate surface area is 142 Å². The molecule has 9 heteroatoms. The standard InChI is InChI=1S/C14H18N2O2.C2HF3O2/c17-13(18)10-1-3-11(4-2-10)16-12-7-14(8-12)5-6-15-9-14;3-2(4,5)1(6)7/h1-4,12,15-16H,5-9H2,(H,17,18);(H,6,7). The number of aromatic carboxylic acids is 1. The highest BCUT2D eigenvalue weighted by Gasteiger charge is 2.45. The quantitative estimate of drug-likeness (QED) is 0.661. The SMILES string of the molecule is O=C(O)C(F)(F)F.O=C(O)c1ccc(NC2CC3(CCNC3)C2)cc1. The van der Waals surface area contributed by atoms with Gasteiger partial charge in [-0.25, -0.2) is 9.59 Å². The molecule has 0 bridgehead atoms. The maximum atomic E-state index is 10.7. The van der Waals surface area contributed by atoms with E-state index in [-0.39, 0.29) is 0 Å². The number of hydrogen-bond acceptors (Lipinski definition) is 4. The molecule has 1 saturated heterocycles. The van der Waals surface area contributed by atoms with Crippen molar-refractivity contribution in [1.82, 2.24) is 5.32 Å². The van der Waals surface area contributed by atoms with E-state index in [0.717, 1.165) is 18.8 Å². The lowest BCUT2D eigenvalue weighted by molar-refractivity contribution is -0.192. The summed E-state index contributed by atoms with van der Waals surface area (Å²) < 4.78 is 31.7. The van der Waals surface area contributed by atoms with Crippen LogP contribution in [0.5, 0.6) is 0 Å². The largest absolute Gasteiger partial charge is 0.490 e. The lowest BCUT2D eigenvalue weighted by Gasteiger charge is -2.45. The first-order valence-electron chi connectivity index (χ1n) is 7.72. The lowest BCUT2D eigenvalue weighted by atomic mass is 9.65. The van der Waals surface area contributed by atoms with Gasteiger partial charge in [0.15, 0.2) is 0 Å². The third kappa shape index (κ3) is 5.09. The van der Waals surface area contributed by atoms with Gasteiger partial charge in [-0.1, -0.05) is 0 Å². The monoisotopic (exact) mass is 360 g/mol. The number of benzene rings is 1. The van der Waals surface area contributed by atoms with E-state index in [1.54, 1.807) is 12.1 Å². The van der Waals surface area contributed by atoms with Gasteiger partial charge >= 0.3 is 18.1 Å². The molecule has 1 spiro atoms. The average molecular weight is 360 g/mol. The summed E-state index contributed by atoms with van der Waals surface area (Å²) in [6, 6.07) is 7.54. The number of carboxylic acid groups (broad SMARTS) is 2. The zero-order valence-electron chi connectivity index (χ0n) is 13.3. The second-order valence-electron chi connectivity index (χ2n) is 6.36. The fourth-order valence-electron chi connectivity index (χ4n) is 3.18. The number of carbonyl (C=O) groups is 2. The van der Waals surface area contributed by atoms with Gasteiger partial charge in [0.05, 0.1) is 5.56 Å². The number of nitrogens with one attached hydrogen (secondary N) is 2. The Balaban J connectivity index is 0.000000277. The van der Waals surface area contributed by atoms with Crippen molar-refractivity contribution in [3.63, 3.8) is 0 Å². The summed E-state index contributed by atoms with van der Waals surface area (Å²) in [6.07, 6.45) is -1.34. The molecule has 0 amide bonds. The van der Waals surface area contributed by atoms with E-state index >= 15 is 0 Å². The molecule has 0 radical (unpaired) electrons. The van der Waals surface area contributed by atoms with E-state index in [4.69, 9.17) is 15.0 Å². The summed E-state index contributed by atoms with van der Waals surface area (Å²) >= 11 is 0. The Hall–Kier alpha value is -2.29. The molecule has 1 saturated carbocycles. The van der Waals surface area contributed by atoms with Crippen molar-refractivity contribution in [3.05, 3.63) is 29.8 Å². The Kier molecular flexibility index (Phi) is 5.56. The molecule has 1 heterocycles. The molecule has 1 aliphatic heterocycles. The van der Waals surface area contributed by atoms with Crippen LogP contribution in [0.25, 0.3) is 0 Å². The van der Waals surface area contributed by atoms with Crippen LogP contribution in [0.4, 0.5) is 18.9 Å². The number of rotatable bonds is 3. The van der Waals surface area contributed by atoms with Crippen molar-refractivity contribution >= 4 is 17.6 Å². The van der Waals surface area contributed by atoms with Crippen LogP contribution in [0.2, 0.25) is 0 Å². The van der Waals surface area contributed by atoms with E-state index in [2.05, 4.69) is 10.6 Å². The Bertz CT molecular complexity index is 617. The number of alkyl halides is 3. The summed E-state index contributed by atoms with van der Waals surface area (Å²) in [4.78, 5) is 19.6. The van der Waals surface area contributed by atoms with Crippen LogP contribution in [0.3, 0.4) is 0 Å². The van der Waals surface area contributed by atoms with E-state index in [9.17, 15) is 18.0 Å². The van der Waals surface area contributed by atoms with Crippen LogP contribution in [0.15, 0.2) is 24.3 Å². The van der Waals surface area contributed by atoms with Crippen LogP contribution in [-0.2, 0) is 4.79 Å². The summed E-state index contributed by atoms with van der Waals surface area (Å²) in [7, 11) is 0. The van der Waals surface area contributed by atoms with Crippen molar-refractivity contribution in [2.75, 3.05) is 18.4 Å². The summed E-state index contributed by atoms with van der Waals surface area (Å²) in [5.74, 6) is -3.63. The average Bonchev–Trinajstić information content (AvgIpc) is 2.97. The van der Waals surface area contributed by atoms with Crippen molar-refractivity contribution < 1.29 is 33.0 Å². The molecule has 0 aromatic heterocycles. The number of halogens is 3. The Morgan fingerprint density at radius 2 is 1.72 bits per heavy atom. The van der Waals surface area contributed by atoms with Crippen molar-refractivity contribution in [2.45, 2.75) is 31.5 Å². The van der Waals surface area contributed by atoms with Gasteiger partial charge in [-0.15, -0.1) is 0 Å². The molecule has 0 atom stereocenters. The van der Waals surface area contributed by atoms with Crippen molar-refractivity contribution in [2.24, 2.45) is 5.41 Å². The number of anilines is 1. The molecule has 138 valence electrons. The lowest BCUT2D eigenvalue weighted by Crippen LogP contribution is -2.46. The van der Waals surface area contributed by atoms with E-state index in [0.29, 0.717) is 17.0 Å². The molecule has 1 aromatic carbocycles. The maximum absolute atomic E-state index is 10.7. The van der Waals surface area contributed by atoms with Gasteiger partial charge < -0.3 is 20.8 Å². The molecule has 2 fully saturated rings. The molecule has 2 aliphatic rings. The fraction of sp³-hybridized carbons (Fsp3) is 0.500. The van der Waals surface area contributed by atoms with Gasteiger partial charge in [0.2, 0.25) is 0 Å². The van der Waals surface area contributed by atoms with Crippen molar-refractivity contribution in [3.8, 4) is 0 Å². The van der Waals surface area contributed by atoms with Gasteiger partial charge in [-0.05, 0) is 55.5 Å². The third-order valence-electron chi connectivity index (χ3n) is 4.44. The first-order valence-corrected chi connectivity index (χ1v) is 7.72. The zero-order valence-corrected chi connectivity index (χ0v) is 13.3. The molecule has 0 unspecified atom stereocenters. The van der Waals surface area contributed by atoms with Gasteiger partial charge in [-0.3, -0.25) is 0 Å². The molecule has 6 nitrogen and oxygen atoms in total. The maximum Gasteiger partial charge on any atom is 0.490 e. The number of carboxylic acids is 2. The molecular weight excluding hydrogens is 341 g/mol. The highest BCUT2D eigenvalue weighted by Crippen LogP contribution is 2.46. The fourth-order valence-corrected chi connectivity index (χ4v) is 3.18. The van der Waals surface area contributed by atoms with Gasteiger partial charge in [0, 0.05) is 18.3 Å². The van der Waals surface area contributed by atoms with E-state index in [1.165, 1.54) is 19.3 Å². The van der Waals surface area contributed by atoms with Crippen molar-refractivity contribution in [1.29, 1.82) is 0 Å². The van der Waals surface area contributed by atoms with Crippen LogP contribution < -0.4 is 10.6 Å². The summed E-state index contributed by atoms with van der Waals surface area (Å²) in [5, 5.41) is 22.9. The van der Waals surface area contributed by atoms with Gasteiger partial charge in [0.1, 0.15) is 0 Å². The minimum absolute atomic E-state index is 0.339. The Morgan fingerprint density at radius 3 is 2.12 bits per heavy atom. The smallest absolute Gasteiger partial charge is 0.478 e. The summed E-state index contributed by atoms with van der Waals surface area (Å²) in [6.45, 7) is 2.31. The molecule has 1 aliphatic carbocycles. The van der Waals surface area contributed by atoms with E-state index < -0.39 is 18.1 Å². The highest BCUT2D eigenvalue weighted by atomic mass is 19.4. The topological polar surface area (TPSA) is 98.7 Å².